The van der Waals surface area contributed by atoms with Gasteiger partial charge in [-0.1, -0.05) is 115 Å². The fourth-order valence-electron chi connectivity index (χ4n) is 5.83. The molecule has 0 saturated heterocycles. The van der Waals surface area contributed by atoms with Crippen LogP contribution in [0.25, 0.3) is 0 Å². The second-order valence-corrected chi connectivity index (χ2v) is 11.6. The van der Waals surface area contributed by atoms with Crippen LogP contribution < -0.4 is 4.74 Å². The van der Waals surface area contributed by atoms with Gasteiger partial charge in [0.2, 0.25) is 0 Å². The van der Waals surface area contributed by atoms with E-state index in [1.54, 1.807) is 19.3 Å². The normalized spacial score (nSPS) is 22.2. The SMILES string of the molecule is C=CCO[C@@H]1[C@@H](OCc2ccccc2)[C@H](OCc2ccccc2)[C@@H](OCC=C)[C@H](OCc2ccc(OC)cc2)[C@@H]1OCc1ccccc1. The van der Waals surface area contributed by atoms with Crippen LogP contribution in [0.1, 0.15) is 22.3 Å². The van der Waals surface area contributed by atoms with Crippen molar-refractivity contribution in [3.05, 3.63) is 163 Å². The van der Waals surface area contributed by atoms with E-state index < -0.39 is 36.6 Å². The van der Waals surface area contributed by atoms with Gasteiger partial charge < -0.3 is 33.2 Å². The summed E-state index contributed by atoms with van der Waals surface area (Å²) in [6.07, 6.45) is -0.0504. The van der Waals surface area contributed by atoms with Gasteiger partial charge in [-0.3, -0.25) is 0 Å². The third-order valence-electron chi connectivity index (χ3n) is 8.21. The van der Waals surface area contributed by atoms with Gasteiger partial charge >= 0.3 is 0 Å². The van der Waals surface area contributed by atoms with E-state index in [-0.39, 0.29) is 13.2 Å². The zero-order valence-corrected chi connectivity index (χ0v) is 27.6. The fourth-order valence-corrected chi connectivity index (χ4v) is 5.83. The van der Waals surface area contributed by atoms with Gasteiger partial charge in [0.05, 0.1) is 46.8 Å². The Balaban J connectivity index is 1.53. The molecule has 0 spiro atoms. The molecule has 0 aromatic heterocycles. The molecule has 0 heterocycles. The minimum atomic E-state index is -0.595. The van der Waals surface area contributed by atoms with E-state index in [1.807, 2.05) is 115 Å². The van der Waals surface area contributed by atoms with Crippen molar-refractivity contribution in [2.24, 2.45) is 0 Å². The lowest BCUT2D eigenvalue weighted by molar-refractivity contribution is -0.286. The van der Waals surface area contributed by atoms with Crippen LogP contribution in [-0.4, -0.2) is 56.9 Å². The summed E-state index contributed by atoms with van der Waals surface area (Å²) in [4.78, 5) is 0. The summed E-state index contributed by atoms with van der Waals surface area (Å²) in [5.74, 6) is 0.776. The molecule has 1 saturated carbocycles. The maximum Gasteiger partial charge on any atom is 0.118 e. The van der Waals surface area contributed by atoms with Gasteiger partial charge in [0.15, 0.2) is 0 Å². The zero-order chi connectivity index (χ0) is 33.4. The summed E-state index contributed by atoms with van der Waals surface area (Å²) in [6.45, 7) is 9.77. The van der Waals surface area contributed by atoms with Crippen LogP contribution in [0, 0.1) is 0 Å². The molecule has 0 amide bonds. The molecular weight excluding hydrogens is 604 g/mol. The van der Waals surface area contributed by atoms with E-state index >= 15 is 0 Å². The second kappa shape index (κ2) is 19.1. The molecule has 1 fully saturated rings. The molecule has 1 aliphatic carbocycles. The third kappa shape index (κ3) is 9.97. The first kappa shape index (κ1) is 35.2. The van der Waals surface area contributed by atoms with Crippen LogP contribution in [0.15, 0.2) is 141 Å². The Morgan fingerprint density at radius 2 is 0.708 bits per heavy atom. The lowest BCUT2D eigenvalue weighted by Gasteiger charge is -2.49. The van der Waals surface area contributed by atoms with Gasteiger partial charge in [0.25, 0.3) is 0 Å². The molecular formula is C41H46O7. The Morgan fingerprint density at radius 1 is 0.417 bits per heavy atom. The number of rotatable bonds is 19. The Morgan fingerprint density at radius 3 is 1.00 bits per heavy atom. The summed E-state index contributed by atoms with van der Waals surface area (Å²) >= 11 is 0. The van der Waals surface area contributed by atoms with Crippen LogP contribution >= 0.6 is 0 Å². The highest BCUT2D eigenvalue weighted by Crippen LogP contribution is 2.36. The zero-order valence-electron chi connectivity index (χ0n) is 27.6. The predicted octanol–water partition coefficient (Wildman–Crippen LogP) is 7.49. The number of ether oxygens (including phenoxy) is 7. The predicted molar refractivity (Wildman–Crippen MR) is 187 cm³/mol. The number of benzene rings is 4. The Kier molecular flexibility index (Phi) is 14.0. The van der Waals surface area contributed by atoms with Crippen molar-refractivity contribution in [1.29, 1.82) is 0 Å². The van der Waals surface area contributed by atoms with Gasteiger partial charge in [-0.25, -0.2) is 0 Å². The maximum atomic E-state index is 6.79. The van der Waals surface area contributed by atoms with Crippen LogP contribution in [0.3, 0.4) is 0 Å². The van der Waals surface area contributed by atoms with Gasteiger partial charge in [-0.05, 0) is 34.4 Å². The molecule has 0 N–H and O–H groups in total. The number of hydrogen-bond acceptors (Lipinski definition) is 7. The average Bonchev–Trinajstić information content (AvgIpc) is 3.14. The molecule has 0 aliphatic heterocycles. The van der Waals surface area contributed by atoms with Crippen LogP contribution in [-0.2, 0) is 54.8 Å². The molecule has 0 bridgehead atoms. The summed E-state index contributed by atoms with van der Waals surface area (Å²) in [6, 6.07) is 38.0. The van der Waals surface area contributed by atoms with Crippen LogP contribution in [0.5, 0.6) is 5.75 Å². The molecule has 5 rings (SSSR count). The largest absolute Gasteiger partial charge is 0.497 e. The van der Waals surface area contributed by atoms with E-state index in [9.17, 15) is 0 Å². The van der Waals surface area contributed by atoms with Crippen LogP contribution in [0.2, 0.25) is 0 Å². The van der Waals surface area contributed by atoms with Crippen molar-refractivity contribution in [3.63, 3.8) is 0 Å². The van der Waals surface area contributed by atoms with Gasteiger partial charge in [0, 0.05) is 0 Å². The van der Waals surface area contributed by atoms with Gasteiger partial charge in [-0.2, -0.15) is 0 Å². The molecule has 252 valence electrons. The molecule has 4 aromatic rings. The molecule has 7 heteroatoms. The average molecular weight is 651 g/mol. The van der Waals surface area contributed by atoms with Crippen LogP contribution in [0.4, 0.5) is 0 Å². The van der Waals surface area contributed by atoms with Crippen molar-refractivity contribution in [2.75, 3.05) is 20.3 Å². The molecule has 0 unspecified atom stereocenters. The highest BCUT2D eigenvalue weighted by atomic mass is 16.6. The number of methoxy groups -OCH3 is 1. The molecule has 0 radical (unpaired) electrons. The Bertz CT molecular complexity index is 1480. The summed E-state index contributed by atoms with van der Waals surface area (Å²) < 4.78 is 45.6. The van der Waals surface area contributed by atoms with Crippen molar-refractivity contribution >= 4 is 0 Å². The minimum Gasteiger partial charge on any atom is -0.497 e. The van der Waals surface area contributed by atoms with Crippen molar-refractivity contribution in [2.45, 2.75) is 63.1 Å². The van der Waals surface area contributed by atoms with E-state index in [0.29, 0.717) is 26.4 Å². The smallest absolute Gasteiger partial charge is 0.118 e. The summed E-state index contributed by atoms with van der Waals surface area (Å²) in [7, 11) is 1.65. The monoisotopic (exact) mass is 650 g/mol. The first-order valence-electron chi connectivity index (χ1n) is 16.4. The van der Waals surface area contributed by atoms with Crippen molar-refractivity contribution in [3.8, 4) is 5.75 Å². The minimum absolute atomic E-state index is 0.285. The highest BCUT2D eigenvalue weighted by molar-refractivity contribution is 5.27. The van der Waals surface area contributed by atoms with Crippen molar-refractivity contribution in [1.82, 2.24) is 0 Å². The standard InChI is InChI=1S/C41H46O7/c1-4-25-43-36-38(45-27-31-15-9-6-10-16-31)39(46-28-32-17-11-7-12-18-32)37(44-26-5-2)41(40(36)47-29-33-19-13-8-14-20-33)48-30-34-21-23-35(42-3)24-22-34/h4-24,36-41H,1-2,25-30H2,3H3/t36-,37-,38-,39-,40-,41+/m1/s1. The summed E-state index contributed by atoms with van der Waals surface area (Å²) in [5, 5.41) is 0. The van der Waals surface area contributed by atoms with E-state index in [1.165, 1.54) is 0 Å². The van der Waals surface area contributed by atoms with Gasteiger partial charge in [0.1, 0.15) is 42.4 Å². The Labute approximate surface area is 284 Å². The first-order valence-corrected chi connectivity index (χ1v) is 16.4. The summed E-state index contributed by atoms with van der Waals surface area (Å²) in [5.41, 5.74) is 4.07. The number of hydrogen-bond donors (Lipinski definition) is 0. The molecule has 7 nitrogen and oxygen atoms in total. The van der Waals surface area contributed by atoms with E-state index in [4.69, 9.17) is 33.2 Å². The molecule has 1 aliphatic rings. The molecule has 4 aromatic carbocycles. The quantitative estimate of drug-likeness (QED) is 0.0975. The maximum absolute atomic E-state index is 6.79. The van der Waals surface area contributed by atoms with E-state index in [0.717, 1.165) is 28.0 Å². The fraction of sp³-hybridized carbons (Fsp3) is 0.317. The lowest BCUT2D eigenvalue weighted by atomic mass is 9.83. The Hall–Kier alpha value is -4.08. The second-order valence-electron chi connectivity index (χ2n) is 11.6. The molecule has 48 heavy (non-hydrogen) atoms. The van der Waals surface area contributed by atoms with Crippen molar-refractivity contribution < 1.29 is 33.2 Å². The highest BCUT2D eigenvalue weighted by Gasteiger charge is 2.55. The third-order valence-corrected chi connectivity index (χ3v) is 8.21. The first-order chi connectivity index (χ1) is 23.7. The lowest BCUT2D eigenvalue weighted by Crippen LogP contribution is -2.67. The molecule has 6 atom stereocenters. The van der Waals surface area contributed by atoms with Gasteiger partial charge in [-0.15, -0.1) is 13.2 Å². The topological polar surface area (TPSA) is 64.6 Å². The van der Waals surface area contributed by atoms with E-state index in [2.05, 4.69) is 13.2 Å².